The van der Waals surface area contributed by atoms with Gasteiger partial charge in [-0.25, -0.2) is 4.57 Å². The second kappa shape index (κ2) is 4.70. The van der Waals surface area contributed by atoms with Gasteiger partial charge in [0.15, 0.2) is 0 Å². The summed E-state index contributed by atoms with van der Waals surface area (Å²) in [6.07, 6.45) is 1.81. The van der Waals surface area contributed by atoms with E-state index in [9.17, 15) is 20.0 Å². The maximum atomic E-state index is 10.6. The van der Waals surface area contributed by atoms with Gasteiger partial charge in [0.2, 0.25) is 0 Å². The Bertz CT molecular complexity index is 473. The first-order chi connectivity index (χ1) is 8.49. The quantitative estimate of drug-likeness (QED) is 0.377. The molecule has 0 radical (unpaired) electrons. The number of carboxylic acids is 1. The van der Waals surface area contributed by atoms with Crippen molar-refractivity contribution in [2.24, 2.45) is 0 Å². The predicted octanol–water partition coefficient (Wildman–Crippen LogP) is -1.08. The Kier molecular flexibility index (Phi) is 3.26. The number of nitrogens with zero attached hydrogens (tertiary/aromatic N) is 4. The van der Waals surface area contributed by atoms with Crippen molar-refractivity contribution in [3.05, 3.63) is 22.5 Å². The Labute approximate surface area is 101 Å². The van der Waals surface area contributed by atoms with E-state index in [1.165, 1.54) is 17.0 Å². The summed E-state index contributed by atoms with van der Waals surface area (Å²) in [5, 5.41) is 29.0. The van der Waals surface area contributed by atoms with Crippen LogP contribution in [-0.2, 0) is 11.3 Å². The van der Waals surface area contributed by atoms with Gasteiger partial charge in [0.1, 0.15) is 18.4 Å². The van der Waals surface area contributed by atoms with Crippen LogP contribution in [0, 0.1) is 10.1 Å². The van der Waals surface area contributed by atoms with E-state index in [-0.39, 0.29) is 19.0 Å². The smallest absolute Gasteiger partial charge is 0.434 e. The number of aliphatic carboxylic acids is 1. The Morgan fingerprint density at radius 3 is 2.94 bits per heavy atom. The van der Waals surface area contributed by atoms with Crippen LogP contribution in [-0.4, -0.2) is 60.8 Å². The van der Waals surface area contributed by atoms with Gasteiger partial charge in [-0.05, 0) is 4.92 Å². The first-order valence-electron chi connectivity index (χ1n) is 5.29. The summed E-state index contributed by atoms with van der Waals surface area (Å²) in [5.74, 6) is -1.26. The molecule has 1 aromatic heterocycles. The zero-order valence-electron chi connectivity index (χ0n) is 9.34. The van der Waals surface area contributed by atoms with Crippen LogP contribution in [0.3, 0.4) is 0 Å². The summed E-state index contributed by atoms with van der Waals surface area (Å²) in [7, 11) is 0. The van der Waals surface area contributed by atoms with Gasteiger partial charge in [-0.15, -0.1) is 0 Å². The highest BCUT2D eigenvalue weighted by molar-refractivity contribution is 5.76. The summed E-state index contributed by atoms with van der Waals surface area (Å²) in [4.78, 5) is 25.7. The molecule has 3 unspecified atom stereocenters. The maximum absolute atomic E-state index is 10.6. The van der Waals surface area contributed by atoms with Crippen LogP contribution in [0.25, 0.3) is 0 Å². The number of carbonyl (C=O) groups is 1. The molecule has 0 spiro atoms. The molecule has 0 aromatic carbocycles. The summed E-state index contributed by atoms with van der Waals surface area (Å²) in [5.41, 5.74) is 0. The lowest BCUT2D eigenvalue weighted by Crippen LogP contribution is -2.27. The van der Waals surface area contributed by atoms with Gasteiger partial charge in [0.25, 0.3) is 0 Å². The summed E-state index contributed by atoms with van der Waals surface area (Å²) in [6, 6.07) is -0.544. The van der Waals surface area contributed by atoms with Crippen molar-refractivity contribution in [1.82, 2.24) is 14.5 Å². The van der Waals surface area contributed by atoms with Gasteiger partial charge in [-0.2, -0.15) is 0 Å². The minimum atomic E-state index is -0.921. The summed E-state index contributed by atoms with van der Waals surface area (Å²) in [6.45, 7) is 0.587. The van der Waals surface area contributed by atoms with Crippen LogP contribution in [0.4, 0.5) is 5.95 Å². The second-order valence-corrected chi connectivity index (χ2v) is 4.10. The Hall–Kier alpha value is -2.00. The van der Waals surface area contributed by atoms with Crippen LogP contribution in [0.15, 0.2) is 12.4 Å². The van der Waals surface area contributed by atoms with Crippen LogP contribution in [0.2, 0.25) is 0 Å². The third-order valence-corrected chi connectivity index (χ3v) is 2.71. The molecule has 98 valence electrons. The predicted molar refractivity (Wildman–Crippen MR) is 57.9 cm³/mol. The van der Waals surface area contributed by atoms with E-state index in [0.29, 0.717) is 6.54 Å². The molecule has 1 aliphatic heterocycles. The molecule has 2 heterocycles. The number of aliphatic hydroxyl groups excluding tert-OH is 1. The molecule has 2 rings (SSSR count). The second-order valence-electron chi connectivity index (χ2n) is 4.10. The number of aliphatic hydroxyl groups is 1. The zero-order valence-corrected chi connectivity index (χ0v) is 9.34. The number of nitro groups is 1. The van der Waals surface area contributed by atoms with Crippen molar-refractivity contribution in [2.45, 2.75) is 18.7 Å². The average molecular weight is 256 g/mol. The fourth-order valence-corrected chi connectivity index (χ4v) is 1.78. The van der Waals surface area contributed by atoms with Crippen molar-refractivity contribution < 1.29 is 19.9 Å². The van der Waals surface area contributed by atoms with Crippen LogP contribution >= 0.6 is 0 Å². The van der Waals surface area contributed by atoms with Crippen molar-refractivity contribution in [3.63, 3.8) is 0 Å². The molecule has 2 N–H and O–H groups in total. The number of rotatable bonds is 6. The van der Waals surface area contributed by atoms with Crippen LogP contribution in [0.5, 0.6) is 0 Å². The Morgan fingerprint density at radius 1 is 1.67 bits per heavy atom. The Balaban J connectivity index is 1.88. The SMILES string of the molecule is O=C(O)C1CN1CC(O)Cn1ccnc1[N+](=O)[O-]. The zero-order chi connectivity index (χ0) is 13.3. The molecular weight excluding hydrogens is 244 g/mol. The first-order valence-corrected chi connectivity index (χ1v) is 5.29. The molecule has 1 fully saturated rings. The highest BCUT2D eigenvalue weighted by Crippen LogP contribution is 2.18. The molecule has 3 atom stereocenters. The topological polar surface area (TPSA) is 122 Å². The highest BCUT2D eigenvalue weighted by Gasteiger charge is 2.41. The third-order valence-electron chi connectivity index (χ3n) is 2.71. The molecule has 9 nitrogen and oxygen atoms in total. The molecule has 9 heteroatoms. The van der Waals surface area contributed by atoms with Gasteiger partial charge < -0.3 is 20.3 Å². The van der Waals surface area contributed by atoms with E-state index >= 15 is 0 Å². The van der Waals surface area contributed by atoms with Gasteiger partial charge in [-0.1, -0.05) is 4.98 Å². The lowest BCUT2D eigenvalue weighted by atomic mass is 10.3. The third kappa shape index (κ3) is 2.63. The number of aromatic nitrogens is 2. The van der Waals surface area contributed by atoms with E-state index in [1.807, 2.05) is 0 Å². The van der Waals surface area contributed by atoms with E-state index in [2.05, 4.69) is 4.98 Å². The van der Waals surface area contributed by atoms with Crippen LogP contribution in [0.1, 0.15) is 0 Å². The minimum Gasteiger partial charge on any atom is -0.480 e. The van der Waals surface area contributed by atoms with Crippen molar-refractivity contribution in [1.29, 1.82) is 0 Å². The fourth-order valence-electron chi connectivity index (χ4n) is 1.78. The molecule has 18 heavy (non-hydrogen) atoms. The van der Waals surface area contributed by atoms with E-state index in [4.69, 9.17) is 5.11 Å². The lowest BCUT2D eigenvalue weighted by molar-refractivity contribution is -0.397. The van der Waals surface area contributed by atoms with Gasteiger partial charge in [-0.3, -0.25) is 9.69 Å². The molecule has 0 aliphatic carbocycles. The van der Waals surface area contributed by atoms with Crippen molar-refractivity contribution >= 4 is 11.9 Å². The van der Waals surface area contributed by atoms with Crippen LogP contribution < -0.4 is 0 Å². The molecule has 0 amide bonds. The number of hydrogen-bond donors (Lipinski definition) is 2. The molecule has 0 bridgehead atoms. The largest absolute Gasteiger partial charge is 0.480 e. The maximum Gasteiger partial charge on any atom is 0.434 e. The standard InChI is InChI=1S/C9H12N4O5/c14-6(4-12-5-7(12)8(15)16)3-11-2-1-10-9(11)13(17)18/h1-2,6-7,14H,3-5H2,(H,15,16). The molecule has 1 saturated heterocycles. The summed E-state index contributed by atoms with van der Waals surface area (Å²) >= 11 is 0. The fraction of sp³-hybridized carbons (Fsp3) is 0.556. The average Bonchev–Trinajstić information content (AvgIpc) is 2.87. The van der Waals surface area contributed by atoms with Gasteiger partial charge in [0.05, 0.1) is 12.6 Å². The van der Waals surface area contributed by atoms with E-state index in [0.717, 1.165) is 0 Å². The van der Waals surface area contributed by atoms with Gasteiger partial charge >= 0.3 is 11.9 Å². The van der Waals surface area contributed by atoms with E-state index < -0.39 is 23.0 Å². The molecule has 1 aromatic rings. The minimum absolute atomic E-state index is 0.0130. The molecule has 1 aliphatic rings. The number of imidazole rings is 1. The normalized spacial score (nSPS) is 23.6. The molecular formula is C9H12N4O5. The number of hydrogen-bond acceptors (Lipinski definition) is 6. The van der Waals surface area contributed by atoms with Crippen molar-refractivity contribution in [3.8, 4) is 0 Å². The monoisotopic (exact) mass is 256 g/mol. The first kappa shape index (κ1) is 12.5. The number of β-amino-alcohol motifs (C(OH)–C–C–N with tert-alkyl or cyclic N) is 1. The highest BCUT2D eigenvalue weighted by atomic mass is 16.6. The number of carboxylic acid groups (broad SMARTS) is 1. The summed E-state index contributed by atoms with van der Waals surface area (Å²) < 4.78 is 1.23. The van der Waals surface area contributed by atoms with Crippen molar-refractivity contribution in [2.75, 3.05) is 13.1 Å². The van der Waals surface area contributed by atoms with E-state index in [1.54, 1.807) is 4.90 Å². The Morgan fingerprint density at radius 2 is 2.39 bits per heavy atom. The molecule has 0 saturated carbocycles. The van der Waals surface area contributed by atoms with Gasteiger partial charge in [0, 0.05) is 13.1 Å². The lowest BCUT2D eigenvalue weighted by Gasteiger charge is -2.10.